The van der Waals surface area contributed by atoms with Crippen LogP contribution in [-0.2, 0) is 14.9 Å². The molecule has 0 saturated carbocycles. The molecule has 8 nitrogen and oxygen atoms in total. The molecule has 138 valence electrons. The third-order valence-corrected chi connectivity index (χ3v) is 7.73. The van der Waals surface area contributed by atoms with Crippen molar-refractivity contribution in [2.75, 3.05) is 33.7 Å². The van der Waals surface area contributed by atoms with Gasteiger partial charge >= 0.3 is 0 Å². The molecule has 1 aromatic heterocycles. The van der Waals surface area contributed by atoms with Crippen LogP contribution in [0.5, 0.6) is 0 Å². The lowest BCUT2D eigenvalue weighted by Crippen LogP contribution is -2.42. The summed E-state index contributed by atoms with van der Waals surface area (Å²) in [5.41, 5.74) is 0.150. The van der Waals surface area contributed by atoms with Crippen LogP contribution in [0.25, 0.3) is 0 Å². The molecule has 1 amide bonds. The number of aromatic nitrogens is 1. The first-order chi connectivity index (χ1) is 11.8. The molecule has 9 heteroatoms. The van der Waals surface area contributed by atoms with E-state index >= 15 is 0 Å². The largest absolute Gasteiger partial charge is 0.370 e. The fourth-order valence-corrected chi connectivity index (χ4v) is 5.80. The highest BCUT2D eigenvalue weighted by molar-refractivity contribution is 7.86. The van der Waals surface area contributed by atoms with Gasteiger partial charge in [0, 0.05) is 51.8 Å². The molecule has 3 aliphatic rings. The number of nitrogens with zero attached hydrogens (tertiary/aromatic N) is 2. The molecule has 2 N–H and O–H groups in total. The Morgan fingerprint density at radius 2 is 2.32 bits per heavy atom. The van der Waals surface area contributed by atoms with Gasteiger partial charge in [-0.15, -0.1) is 0 Å². The molecule has 0 unspecified atom stereocenters. The van der Waals surface area contributed by atoms with Crippen molar-refractivity contribution in [2.45, 2.75) is 24.5 Å². The number of amides is 1. The molecule has 25 heavy (non-hydrogen) atoms. The van der Waals surface area contributed by atoms with Crippen LogP contribution in [0.4, 0.5) is 0 Å². The van der Waals surface area contributed by atoms with Gasteiger partial charge in [0.05, 0.1) is 11.7 Å². The Hall–Kier alpha value is -1.42. The minimum absolute atomic E-state index is 0.109. The molecular formula is C16H24N4O4S. The van der Waals surface area contributed by atoms with Crippen molar-refractivity contribution < 1.29 is 17.9 Å². The molecule has 4 atom stereocenters. The Labute approximate surface area is 147 Å². The van der Waals surface area contributed by atoms with Crippen LogP contribution in [0.15, 0.2) is 18.3 Å². The Morgan fingerprint density at radius 3 is 3.00 bits per heavy atom. The molecule has 1 aromatic rings. The predicted octanol–water partition coefficient (Wildman–Crippen LogP) is 0.0303. The number of carbonyl (C=O) groups is 1. The molecular weight excluding hydrogens is 344 g/mol. The third-order valence-electron chi connectivity index (χ3n) is 5.88. The van der Waals surface area contributed by atoms with E-state index in [1.54, 1.807) is 32.4 Å². The lowest BCUT2D eigenvalue weighted by atomic mass is 9.73. The van der Waals surface area contributed by atoms with Crippen molar-refractivity contribution in [1.82, 2.24) is 18.9 Å². The van der Waals surface area contributed by atoms with E-state index in [0.717, 1.165) is 12.8 Å². The number of hydrogen-bond donors (Lipinski definition) is 2. The van der Waals surface area contributed by atoms with Gasteiger partial charge in [0.15, 0.2) is 0 Å². The number of nitrogens with one attached hydrogen (secondary N) is 2. The highest BCUT2D eigenvalue weighted by Gasteiger charge is 2.64. The van der Waals surface area contributed by atoms with Crippen molar-refractivity contribution in [2.24, 2.45) is 11.8 Å². The van der Waals surface area contributed by atoms with Gasteiger partial charge in [-0.2, -0.15) is 17.0 Å². The number of fused-ring (bicyclic) bond motifs is 1. The van der Waals surface area contributed by atoms with Gasteiger partial charge in [0.2, 0.25) is 0 Å². The number of H-pyrrole nitrogens is 1. The number of carbonyl (C=O) groups excluding carboxylic acids is 1. The summed E-state index contributed by atoms with van der Waals surface area (Å²) in [7, 11) is -0.346. The van der Waals surface area contributed by atoms with Gasteiger partial charge in [-0.25, -0.2) is 0 Å². The quantitative estimate of drug-likeness (QED) is 0.767. The van der Waals surface area contributed by atoms with Gasteiger partial charge in [0.25, 0.3) is 16.1 Å². The average molecular weight is 368 g/mol. The lowest BCUT2D eigenvalue weighted by Gasteiger charge is -2.29. The molecule has 2 bridgehead atoms. The van der Waals surface area contributed by atoms with E-state index in [2.05, 4.69) is 10.3 Å². The molecule has 1 spiro atoms. The summed E-state index contributed by atoms with van der Waals surface area (Å²) >= 11 is 0. The number of ether oxygens (including phenoxy) is 1. The summed E-state index contributed by atoms with van der Waals surface area (Å²) < 4.78 is 34.0. The predicted molar refractivity (Wildman–Crippen MR) is 91.1 cm³/mol. The van der Waals surface area contributed by atoms with Crippen molar-refractivity contribution in [3.63, 3.8) is 0 Å². The molecule has 3 aliphatic heterocycles. The maximum atomic E-state index is 12.5. The van der Waals surface area contributed by atoms with E-state index in [1.807, 2.05) is 0 Å². The van der Waals surface area contributed by atoms with E-state index in [4.69, 9.17) is 4.74 Å². The molecule has 0 radical (unpaired) electrons. The monoisotopic (exact) mass is 368 g/mol. The Kier molecular flexibility index (Phi) is 3.95. The van der Waals surface area contributed by atoms with Crippen LogP contribution in [0, 0.1) is 11.8 Å². The standard InChI is InChI=1S/C16H24N4O4S/c1-19(2)25(22,23)20-9-12-11(14-5-6-16(12,10-20)24-14)8-18-15(21)13-4-3-7-17-13/h3-4,7,11-12,14,17H,5-6,8-10H2,1-2H3,(H,18,21)/t11-,12+,14+,16+/m0/s1. The molecule has 3 saturated heterocycles. The first-order valence-corrected chi connectivity index (χ1v) is 10.0. The van der Waals surface area contributed by atoms with Crippen LogP contribution in [0.3, 0.4) is 0 Å². The lowest BCUT2D eigenvalue weighted by molar-refractivity contribution is 0.00774. The summed E-state index contributed by atoms with van der Waals surface area (Å²) in [5, 5.41) is 2.97. The normalized spacial score (nSPS) is 34.6. The van der Waals surface area contributed by atoms with E-state index in [9.17, 15) is 13.2 Å². The van der Waals surface area contributed by atoms with Gasteiger partial charge in [0.1, 0.15) is 5.69 Å². The van der Waals surface area contributed by atoms with Crippen LogP contribution in [0.1, 0.15) is 23.3 Å². The topological polar surface area (TPSA) is 94.7 Å². The summed E-state index contributed by atoms with van der Waals surface area (Å²) in [6, 6.07) is 3.51. The minimum atomic E-state index is -3.44. The van der Waals surface area contributed by atoms with Gasteiger partial charge in [-0.05, 0) is 25.0 Å². The van der Waals surface area contributed by atoms with E-state index in [-0.39, 0.29) is 29.4 Å². The van der Waals surface area contributed by atoms with Gasteiger partial charge in [-0.3, -0.25) is 4.79 Å². The third kappa shape index (κ3) is 2.61. The van der Waals surface area contributed by atoms with Gasteiger partial charge < -0.3 is 15.0 Å². The fraction of sp³-hybridized carbons (Fsp3) is 0.688. The SMILES string of the molecule is CN(C)S(=O)(=O)N1C[C@@H]2[C@H](CNC(=O)c3ccc[nH]3)[C@H]3CC[C@]2(C1)O3. The Bertz CT molecular complexity index is 763. The summed E-state index contributed by atoms with van der Waals surface area (Å²) in [5.74, 6) is 0.137. The maximum absolute atomic E-state index is 12.5. The summed E-state index contributed by atoms with van der Waals surface area (Å²) in [6.45, 7) is 1.38. The Balaban J connectivity index is 1.47. The number of aromatic amines is 1. The second kappa shape index (κ2) is 5.80. The van der Waals surface area contributed by atoms with Crippen molar-refractivity contribution in [3.05, 3.63) is 24.0 Å². The fourth-order valence-electron chi connectivity index (χ4n) is 4.60. The van der Waals surface area contributed by atoms with Crippen LogP contribution >= 0.6 is 0 Å². The van der Waals surface area contributed by atoms with E-state index < -0.39 is 10.2 Å². The Morgan fingerprint density at radius 1 is 1.52 bits per heavy atom. The molecule has 4 heterocycles. The van der Waals surface area contributed by atoms with Gasteiger partial charge in [-0.1, -0.05) is 0 Å². The van der Waals surface area contributed by atoms with E-state index in [1.165, 1.54) is 8.61 Å². The van der Waals surface area contributed by atoms with E-state index in [0.29, 0.717) is 25.3 Å². The smallest absolute Gasteiger partial charge is 0.281 e. The highest BCUT2D eigenvalue weighted by Crippen LogP contribution is 2.55. The summed E-state index contributed by atoms with van der Waals surface area (Å²) in [6.07, 6.45) is 3.64. The minimum Gasteiger partial charge on any atom is -0.370 e. The zero-order valence-electron chi connectivity index (χ0n) is 14.4. The zero-order chi connectivity index (χ0) is 17.8. The second-order valence-corrected chi connectivity index (χ2v) is 9.55. The van der Waals surface area contributed by atoms with Crippen molar-refractivity contribution >= 4 is 16.1 Å². The second-order valence-electron chi connectivity index (χ2n) is 7.41. The first kappa shape index (κ1) is 17.0. The first-order valence-electron chi connectivity index (χ1n) is 8.60. The maximum Gasteiger partial charge on any atom is 0.281 e. The van der Waals surface area contributed by atoms with Crippen LogP contribution < -0.4 is 5.32 Å². The van der Waals surface area contributed by atoms with Crippen molar-refractivity contribution in [1.29, 1.82) is 0 Å². The molecule has 3 fully saturated rings. The zero-order valence-corrected chi connectivity index (χ0v) is 15.3. The molecule has 0 aromatic carbocycles. The van der Waals surface area contributed by atoms with Crippen LogP contribution in [0.2, 0.25) is 0 Å². The number of rotatable bonds is 5. The number of hydrogen-bond acceptors (Lipinski definition) is 4. The average Bonchev–Trinajstić information content (AvgIpc) is 3.31. The summed E-state index contributed by atoms with van der Waals surface area (Å²) in [4.78, 5) is 15.1. The molecule has 0 aliphatic carbocycles. The highest BCUT2D eigenvalue weighted by atomic mass is 32.2. The van der Waals surface area contributed by atoms with Crippen LogP contribution in [-0.4, -0.2) is 73.4 Å². The molecule has 4 rings (SSSR count). The van der Waals surface area contributed by atoms with Crippen molar-refractivity contribution in [3.8, 4) is 0 Å².